The van der Waals surface area contributed by atoms with Crippen molar-refractivity contribution >= 4 is 71.1 Å². The van der Waals surface area contributed by atoms with Gasteiger partial charge in [0.25, 0.3) is 0 Å². The minimum absolute atomic E-state index is 0.359. The number of para-hydroxylation sites is 2. The second kappa shape index (κ2) is 31.2. The third-order valence-corrected chi connectivity index (χ3v) is 23.5. The van der Waals surface area contributed by atoms with Crippen LogP contribution in [0.1, 0.15) is 87.2 Å². The molecule has 2 aliphatic carbocycles. The third kappa shape index (κ3) is 13.9. The molecular weight excluding hydrogens is 1430 g/mol. The Labute approximate surface area is 671 Å². The Morgan fingerprint density at radius 1 is 0.241 bits per heavy atom. The molecule has 0 aliphatic heterocycles. The van der Waals surface area contributed by atoms with E-state index in [0.29, 0.717) is 28.4 Å². The van der Waals surface area contributed by atoms with Crippen molar-refractivity contribution in [2.45, 2.75) is 76.0 Å². The average Bonchev–Trinajstić information content (AvgIpc) is 1.61. The topological polar surface area (TPSA) is 83.6 Å². The van der Waals surface area contributed by atoms with E-state index in [2.05, 4.69) is 220 Å². The Morgan fingerprint density at radius 3 is 1.05 bits per heavy atom. The molecule has 2 saturated carbocycles. The Bertz CT molecular complexity index is 6660. The Kier molecular flexibility index (Phi) is 19.1. The van der Waals surface area contributed by atoms with Crippen LogP contribution in [0, 0.1) is 11.6 Å². The number of pyridine rings is 1. The van der Waals surface area contributed by atoms with Gasteiger partial charge in [0.15, 0.2) is 11.6 Å². The Hall–Kier alpha value is -14.0. The zero-order chi connectivity index (χ0) is 77.4. The van der Waals surface area contributed by atoms with Crippen molar-refractivity contribution < 1.29 is 8.78 Å². The summed E-state index contributed by atoms with van der Waals surface area (Å²) in [6.45, 7) is 0. The van der Waals surface area contributed by atoms with Crippen LogP contribution in [0.3, 0.4) is 0 Å². The molecule has 0 N–H and O–H groups in total. The van der Waals surface area contributed by atoms with Gasteiger partial charge >= 0.3 is 0 Å². The average molecular weight is 1510 g/mol. The smallest absolute Gasteiger partial charge is 0.160 e. The highest BCUT2D eigenvalue weighted by molar-refractivity contribution is 6.12. The largest absolute Gasteiger partial charge is 0.309 e. The molecule has 13 aromatic carbocycles. The highest BCUT2D eigenvalue weighted by atomic mass is 19.1. The highest BCUT2D eigenvalue weighted by Crippen LogP contribution is 2.43. The second-order valence-electron chi connectivity index (χ2n) is 30.7. The van der Waals surface area contributed by atoms with Gasteiger partial charge < -0.3 is 18.1 Å². The number of rotatable bonds is 12. The van der Waals surface area contributed by atoms with E-state index in [-0.39, 0.29) is 11.6 Å². The molecule has 560 valence electrons. The van der Waals surface area contributed by atoms with E-state index >= 15 is 0 Å². The normalized spacial score (nSPS) is 13.4. The quantitative estimate of drug-likeness (QED) is 0.122. The van der Waals surface area contributed by atoms with Gasteiger partial charge in [0.2, 0.25) is 0 Å². The van der Waals surface area contributed by atoms with Crippen LogP contribution in [0.2, 0.25) is 0 Å². The predicted octanol–water partition coefficient (Wildman–Crippen LogP) is 27.6. The Balaban J connectivity index is 0.000000116. The van der Waals surface area contributed by atoms with E-state index in [0.717, 1.165) is 107 Å². The molecule has 0 saturated heterocycles. The molecule has 0 amide bonds. The van der Waals surface area contributed by atoms with Crippen molar-refractivity contribution in [2.24, 2.45) is 0 Å². The summed E-state index contributed by atoms with van der Waals surface area (Å²) in [6, 6.07) is 118. The van der Waals surface area contributed by atoms with Crippen molar-refractivity contribution in [2.75, 3.05) is 0 Å². The summed E-state index contributed by atoms with van der Waals surface area (Å²) in [6.07, 6.45) is 17.5. The van der Waals surface area contributed by atoms with Crippen molar-refractivity contribution in [1.82, 2.24) is 43.0 Å². The van der Waals surface area contributed by atoms with Gasteiger partial charge in [0.1, 0.15) is 17.3 Å². The standard InChI is InChI=1S/C46H43N3.C34H21F2N3.C25H17N3/c1-5-14-32(15-6-1)36-24-26-44-40(29-36)41-30-37(33-16-7-2-8-17-33)25-27-45(41)49(44)39-23-13-22-38(28-39)43-31-42(34-18-9-3-10-19-34)47-46(48-43)35-20-11-4-12-21-35;35-25-14-16-32-28(19-25)29-20-26(36)15-17-33(29)39(32)27-13-7-12-24(18-27)31-21-30(22-8-3-1-4-9-22)37-34(38-31)23-10-5-2-6-11-23;1-3-9-23-20(7-1)21-8-2-4-10-24(21)28(23)19-14-12-18(13-15-19)22-17-27-16-6-5-11-25(27)26-22/h3-4,9-13,18-33H,1-2,5-8,14-17H2;1-21H;1-17H. The monoisotopic (exact) mass is 1510 g/mol. The lowest BCUT2D eigenvalue weighted by atomic mass is 9.83. The van der Waals surface area contributed by atoms with Gasteiger partial charge in [-0.15, -0.1) is 0 Å². The molecule has 0 radical (unpaired) electrons. The number of benzene rings is 13. The van der Waals surface area contributed by atoms with E-state index < -0.39 is 0 Å². The SMILES string of the molecule is Fc1ccc2c(c1)c1cc(F)ccc1n2-c1cccc(-c2cc(-c3ccccc3)nc(-c3ccccc3)n2)c1.c1ccc(-c2cc(-c3cccc(-n4c5ccc(C6CCCCC6)cc5c5cc(C6CCCCC6)ccc54)c3)nc(-c3ccccc3)n2)cc1.c1ccc2c(c1)c1ccccc1n2-c1ccc(-c2cn3ccccc3n2)cc1. The molecule has 22 rings (SSSR count). The summed E-state index contributed by atoms with van der Waals surface area (Å²) < 4.78 is 37.3. The van der Waals surface area contributed by atoms with Crippen LogP contribution in [0.15, 0.2) is 358 Å². The second-order valence-corrected chi connectivity index (χ2v) is 30.7. The number of aromatic nitrogens is 9. The number of hydrogen-bond acceptors (Lipinski definition) is 5. The van der Waals surface area contributed by atoms with Gasteiger partial charge in [0.05, 0.1) is 61.6 Å². The maximum Gasteiger partial charge on any atom is 0.160 e. The lowest BCUT2D eigenvalue weighted by molar-refractivity contribution is 0.444. The summed E-state index contributed by atoms with van der Waals surface area (Å²) in [5.74, 6) is 2.02. The van der Waals surface area contributed by atoms with Crippen LogP contribution in [0.5, 0.6) is 0 Å². The van der Waals surface area contributed by atoms with Crippen LogP contribution in [0.25, 0.3) is 167 Å². The summed E-state index contributed by atoms with van der Waals surface area (Å²) in [4.78, 5) is 24.7. The molecule has 7 aromatic heterocycles. The molecular formula is C105H81F2N9. The van der Waals surface area contributed by atoms with Crippen molar-refractivity contribution in [1.29, 1.82) is 0 Å². The van der Waals surface area contributed by atoms with E-state index in [9.17, 15) is 8.78 Å². The van der Waals surface area contributed by atoms with Crippen LogP contribution in [-0.4, -0.2) is 43.0 Å². The van der Waals surface area contributed by atoms with Gasteiger partial charge in [-0.3, -0.25) is 0 Å². The molecule has 7 heterocycles. The van der Waals surface area contributed by atoms with E-state index in [1.165, 1.54) is 143 Å². The minimum atomic E-state index is -0.359. The fourth-order valence-corrected chi connectivity index (χ4v) is 17.8. The molecule has 2 fully saturated rings. The number of nitrogens with zero attached hydrogens (tertiary/aromatic N) is 9. The molecule has 20 aromatic rings. The molecule has 0 atom stereocenters. The summed E-state index contributed by atoms with van der Waals surface area (Å²) in [7, 11) is 0. The van der Waals surface area contributed by atoms with E-state index in [4.69, 9.17) is 24.9 Å². The Morgan fingerprint density at radius 2 is 0.603 bits per heavy atom. The zero-order valence-corrected chi connectivity index (χ0v) is 64.1. The first-order valence-electron chi connectivity index (χ1n) is 40.5. The van der Waals surface area contributed by atoms with Gasteiger partial charge in [-0.25, -0.2) is 33.7 Å². The van der Waals surface area contributed by atoms with Gasteiger partial charge in [0, 0.05) is 101 Å². The fourth-order valence-electron chi connectivity index (χ4n) is 17.8. The maximum atomic E-state index is 14.2. The van der Waals surface area contributed by atoms with Crippen molar-refractivity contribution in [3.63, 3.8) is 0 Å². The fraction of sp³-hybridized carbons (Fsp3) is 0.114. The lowest BCUT2D eigenvalue weighted by Crippen LogP contribution is -2.04. The molecule has 11 heteroatoms. The molecule has 0 unspecified atom stereocenters. The lowest BCUT2D eigenvalue weighted by Gasteiger charge is -2.22. The number of fused-ring (bicyclic) bond motifs is 10. The van der Waals surface area contributed by atoms with Crippen molar-refractivity contribution in [3.05, 3.63) is 381 Å². The third-order valence-electron chi connectivity index (χ3n) is 23.5. The summed E-state index contributed by atoms with van der Waals surface area (Å²) in [5.41, 5.74) is 25.4. The van der Waals surface area contributed by atoms with Gasteiger partial charge in [-0.05, 0) is 182 Å². The molecule has 116 heavy (non-hydrogen) atoms. The number of imidazole rings is 1. The van der Waals surface area contributed by atoms with Crippen LogP contribution in [0.4, 0.5) is 8.78 Å². The zero-order valence-electron chi connectivity index (χ0n) is 64.1. The maximum absolute atomic E-state index is 14.2. The van der Waals surface area contributed by atoms with E-state index in [1.54, 1.807) is 12.1 Å². The minimum Gasteiger partial charge on any atom is -0.309 e. The van der Waals surface area contributed by atoms with Crippen molar-refractivity contribution in [3.8, 4) is 96.1 Å². The molecule has 0 spiro atoms. The van der Waals surface area contributed by atoms with Gasteiger partial charge in [-0.2, -0.15) is 0 Å². The highest BCUT2D eigenvalue weighted by Gasteiger charge is 2.24. The first kappa shape index (κ1) is 71.0. The van der Waals surface area contributed by atoms with E-state index in [1.807, 2.05) is 120 Å². The molecule has 9 nitrogen and oxygen atoms in total. The molecule has 2 aliphatic rings. The summed E-state index contributed by atoms with van der Waals surface area (Å²) in [5, 5.41) is 6.66. The molecule has 0 bridgehead atoms. The predicted molar refractivity (Wildman–Crippen MR) is 472 cm³/mol. The number of halogens is 2. The first-order chi connectivity index (χ1) is 57.3. The van der Waals surface area contributed by atoms with Crippen LogP contribution < -0.4 is 0 Å². The van der Waals surface area contributed by atoms with Gasteiger partial charge in [-0.1, -0.05) is 251 Å². The number of hydrogen-bond donors (Lipinski definition) is 0. The first-order valence-corrected chi connectivity index (χ1v) is 40.5. The summed E-state index contributed by atoms with van der Waals surface area (Å²) >= 11 is 0. The van der Waals surface area contributed by atoms with Crippen LogP contribution >= 0.6 is 0 Å². The van der Waals surface area contributed by atoms with Crippen LogP contribution in [-0.2, 0) is 0 Å².